The molecule has 6 heteroatoms. The third-order valence-electron chi connectivity index (χ3n) is 5.70. The third-order valence-corrected chi connectivity index (χ3v) is 5.70. The number of hydrogen-bond donors (Lipinski definition) is 1. The summed E-state index contributed by atoms with van der Waals surface area (Å²) < 4.78 is 10.5. The maximum Gasteiger partial charge on any atom is 0.226 e. The maximum atomic E-state index is 12.5. The first-order chi connectivity index (χ1) is 13.0. The van der Waals surface area contributed by atoms with E-state index in [0.29, 0.717) is 36.8 Å². The van der Waals surface area contributed by atoms with Crippen LogP contribution in [0.3, 0.4) is 0 Å². The molecule has 6 nitrogen and oxygen atoms in total. The largest absolute Gasteiger partial charge is 0.493 e. The second-order valence-electron chi connectivity index (χ2n) is 7.69. The zero-order valence-electron chi connectivity index (χ0n) is 16.5. The summed E-state index contributed by atoms with van der Waals surface area (Å²) in [5.41, 5.74) is 1.07. The molecule has 2 unspecified atom stereocenters. The second kappa shape index (κ2) is 8.63. The topological polar surface area (TPSA) is 67.9 Å². The first kappa shape index (κ1) is 19.5. The monoisotopic (exact) mass is 374 g/mol. The van der Waals surface area contributed by atoms with E-state index in [2.05, 4.69) is 12.2 Å². The molecule has 0 bridgehead atoms. The molecule has 1 N–H and O–H groups in total. The molecule has 1 saturated heterocycles. The first-order valence-electron chi connectivity index (χ1n) is 9.81. The highest BCUT2D eigenvalue weighted by Crippen LogP contribution is 2.40. The van der Waals surface area contributed by atoms with E-state index in [1.807, 2.05) is 23.1 Å². The average Bonchev–Trinajstić information content (AvgIpc) is 3.48. The Kier molecular flexibility index (Phi) is 6.24. The van der Waals surface area contributed by atoms with Gasteiger partial charge in [-0.1, -0.05) is 13.0 Å². The summed E-state index contributed by atoms with van der Waals surface area (Å²) in [6, 6.07) is 5.76. The van der Waals surface area contributed by atoms with E-state index in [0.717, 1.165) is 31.5 Å². The molecule has 2 atom stereocenters. The Labute approximate surface area is 161 Å². The molecule has 2 fully saturated rings. The first-order valence-corrected chi connectivity index (χ1v) is 9.81. The molecule has 2 aliphatic rings. The number of ether oxygens (including phenoxy) is 2. The molecule has 0 radical (unpaired) electrons. The molecule has 1 aromatic carbocycles. The van der Waals surface area contributed by atoms with E-state index in [9.17, 15) is 9.59 Å². The average molecular weight is 374 g/mol. The van der Waals surface area contributed by atoms with Crippen molar-refractivity contribution in [1.82, 2.24) is 10.2 Å². The van der Waals surface area contributed by atoms with Crippen molar-refractivity contribution in [2.75, 3.05) is 33.9 Å². The minimum absolute atomic E-state index is 0.000737. The Hall–Kier alpha value is -2.24. The molecule has 1 heterocycles. The lowest BCUT2D eigenvalue weighted by Crippen LogP contribution is -2.39. The standard InChI is InChI=1S/C21H30N2O4/c1-14-7-10-23(11-8-14)21(25)17-13-16(17)20(24)22-9-6-15-4-5-18(26-2)19(12-15)27-3/h4-5,12,14,16-17H,6-11,13H2,1-3H3,(H,22,24). The van der Waals surface area contributed by atoms with E-state index in [-0.39, 0.29) is 23.7 Å². The van der Waals surface area contributed by atoms with E-state index in [1.54, 1.807) is 14.2 Å². The van der Waals surface area contributed by atoms with Crippen LogP contribution in [0.4, 0.5) is 0 Å². The van der Waals surface area contributed by atoms with Gasteiger partial charge >= 0.3 is 0 Å². The molecular weight excluding hydrogens is 344 g/mol. The van der Waals surface area contributed by atoms with Crippen LogP contribution in [0.15, 0.2) is 18.2 Å². The van der Waals surface area contributed by atoms with Crippen molar-refractivity contribution >= 4 is 11.8 Å². The van der Waals surface area contributed by atoms with Gasteiger partial charge in [-0.25, -0.2) is 0 Å². The highest BCUT2D eigenvalue weighted by molar-refractivity contribution is 5.92. The predicted octanol–water partition coefficient (Wildman–Crippen LogP) is 2.26. The molecule has 148 valence electrons. The van der Waals surface area contributed by atoms with Gasteiger partial charge in [0.1, 0.15) is 0 Å². The van der Waals surface area contributed by atoms with Crippen molar-refractivity contribution in [3.8, 4) is 11.5 Å². The van der Waals surface area contributed by atoms with Crippen molar-refractivity contribution in [3.05, 3.63) is 23.8 Å². The summed E-state index contributed by atoms with van der Waals surface area (Å²) in [7, 11) is 3.21. The zero-order chi connectivity index (χ0) is 19.4. The SMILES string of the molecule is COc1ccc(CCNC(=O)C2CC2C(=O)N2CCC(C)CC2)cc1OC. The van der Waals surface area contributed by atoms with Crippen LogP contribution in [0, 0.1) is 17.8 Å². The molecule has 3 rings (SSSR count). The van der Waals surface area contributed by atoms with Crippen molar-refractivity contribution in [3.63, 3.8) is 0 Å². The number of hydrogen-bond acceptors (Lipinski definition) is 4. The van der Waals surface area contributed by atoms with Crippen LogP contribution in [0.5, 0.6) is 11.5 Å². The summed E-state index contributed by atoms with van der Waals surface area (Å²) in [4.78, 5) is 26.8. The number of likely N-dealkylation sites (tertiary alicyclic amines) is 1. The molecular formula is C21H30N2O4. The molecule has 0 spiro atoms. The van der Waals surface area contributed by atoms with Gasteiger partial charge in [0.05, 0.1) is 26.1 Å². The van der Waals surface area contributed by atoms with Crippen LogP contribution < -0.4 is 14.8 Å². The van der Waals surface area contributed by atoms with Crippen LogP contribution in [0.2, 0.25) is 0 Å². The van der Waals surface area contributed by atoms with Gasteiger partial charge < -0.3 is 19.7 Å². The zero-order valence-corrected chi connectivity index (χ0v) is 16.5. The lowest BCUT2D eigenvalue weighted by molar-refractivity contribution is -0.135. The minimum Gasteiger partial charge on any atom is -0.493 e. The van der Waals surface area contributed by atoms with Crippen LogP contribution in [-0.4, -0.2) is 50.6 Å². The van der Waals surface area contributed by atoms with Gasteiger partial charge in [0.15, 0.2) is 11.5 Å². The number of methoxy groups -OCH3 is 2. The van der Waals surface area contributed by atoms with E-state index >= 15 is 0 Å². The molecule has 1 aliphatic heterocycles. The van der Waals surface area contributed by atoms with Gasteiger partial charge in [0.2, 0.25) is 11.8 Å². The Morgan fingerprint density at radius 3 is 2.48 bits per heavy atom. The smallest absolute Gasteiger partial charge is 0.226 e. The van der Waals surface area contributed by atoms with Gasteiger partial charge in [-0.15, -0.1) is 0 Å². The number of rotatable bonds is 7. The lowest BCUT2D eigenvalue weighted by atomic mass is 9.99. The quantitative estimate of drug-likeness (QED) is 0.795. The summed E-state index contributed by atoms with van der Waals surface area (Å²) in [5.74, 6) is 1.98. The van der Waals surface area contributed by atoms with E-state index < -0.39 is 0 Å². The fourth-order valence-corrected chi connectivity index (χ4v) is 3.72. The van der Waals surface area contributed by atoms with Crippen LogP contribution in [0.1, 0.15) is 31.7 Å². The van der Waals surface area contributed by atoms with Crippen molar-refractivity contribution in [2.24, 2.45) is 17.8 Å². The van der Waals surface area contributed by atoms with Gasteiger partial charge in [-0.2, -0.15) is 0 Å². The Balaban J connectivity index is 1.42. The van der Waals surface area contributed by atoms with Crippen molar-refractivity contribution in [2.45, 2.75) is 32.6 Å². The summed E-state index contributed by atoms with van der Waals surface area (Å²) in [6.45, 7) is 4.45. The predicted molar refractivity (Wildman–Crippen MR) is 103 cm³/mol. The Bertz CT molecular complexity index is 683. The highest BCUT2D eigenvalue weighted by atomic mass is 16.5. The fourth-order valence-electron chi connectivity index (χ4n) is 3.72. The van der Waals surface area contributed by atoms with Gasteiger partial charge in [0.25, 0.3) is 0 Å². The van der Waals surface area contributed by atoms with Crippen molar-refractivity contribution in [1.29, 1.82) is 0 Å². The summed E-state index contributed by atoms with van der Waals surface area (Å²) >= 11 is 0. The number of carbonyl (C=O) groups is 2. The van der Waals surface area contributed by atoms with Gasteiger partial charge in [0, 0.05) is 19.6 Å². The minimum atomic E-state index is -0.151. The number of piperidine rings is 1. The molecule has 27 heavy (non-hydrogen) atoms. The van der Waals surface area contributed by atoms with E-state index in [4.69, 9.17) is 9.47 Å². The number of amides is 2. The molecule has 1 aromatic rings. The number of nitrogens with one attached hydrogen (secondary N) is 1. The molecule has 2 amide bonds. The summed E-state index contributed by atoms with van der Waals surface area (Å²) in [6.07, 6.45) is 3.54. The van der Waals surface area contributed by atoms with Gasteiger partial charge in [-0.3, -0.25) is 9.59 Å². The number of carbonyl (C=O) groups excluding carboxylic acids is 2. The molecule has 1 aliphatic carbocycles. The Morgan fingerprint density at radius 2 is 1.81 bits per heavy atom. The van der Waals surface area contributed by atoms with Crippen LogP contribution in [0.25, 0.3) is 0 Å². The third kappa shape index (κ3) is 4.73. The maximum absolute atomic E-state index is 12.5. The highest BCUT2D eigenvalue weighted by Gasteiger charge is 2.49. The second-order valence-corrected chi connectivity index (χ2v) is 7.69. The van der Waals surface area contributed by atoms with Gasteiger partial charge in [-0.05, 0) is 49.3 Å². The Morgan fingerprint density at radius 1 is 1.11 bits per heavy atom. The molecule has 1 saturated carbocycles. The van der Waals surface area contributed by atoms with Crippen molar-refractivity contribution < 1.29 is 19.1 Å². The van der Waals surface area contributed by atoms with E-state index in [1.165, 1.54) is 0 Å². The fraction of sp³-hybridized carbons (Fsp3) is 0.619. The number of benzene rings is 1. The number of nitrogens with zero attached hydrogens (tertiary/aromatic N) is 1. The van der Waals surface area contributed by atoms with Crippen LogP contribution in [-0.2, 0) is 16.0 Å². The molecule has 0 aromatic heterocycles. The summed E-state index contributed by atoms with van der Waals surface area (Å²) in [5, 5.41) is 2.97. The lowest BCUT2D eigenvalue weighted by Gasteiger charge is -2.30. The van der Waals surface area contributed by atoms with Crippen LogP contribution >= 0.6 is 0 Å². The normalized spacial score (nSPS) is 22.3.